The number of amides is 2. The lowest BCUT2D eigenvalue weighted by Gasteiger charge is -2.34. The van der Waals surface area contributed by atoms with Crippen LogP contribution in [0.15, 0.2) is 0 Å². The number of carbonyl (C=O) groups is 3. The fourth-order valence-corrected chi connectivity index (χ4v) is 2.09. The average molecular weight is 330 g/mol. The summed E-state index contributed by atoms with van der Waals surface area (Å²) in [4.78, 5) is 39.1. The molecule has 0 aromatic heterocycles. The first kappa shape index (κ1) is 21.2. The van der Waals surface area contributed by atoms with Gasteiger partial charge in [0, 0.05) is 14.1 Å². The maximum Gasteiger partial charge on any atom is 0.410 e. The SMILES string of the molecule is COC(=O)C(C(C)C)N(C)C(=O)C(C)N(C)C(=O)OC(C)(C)C. The van der Waals surface area contributed by atoms with Crippen molar-refractivity contribution in [2.24, 2.45) is 5.92 Å². The van der Waals surface area contributed by atoms with Crippen LogP contribution in [0.1, 0.15) is 41.5 Å². The van der Waals surface area contributed by atoms with E-state index in [1.807, 2.05) is 13.8 Å². The van der Waals surface area contributed by atoms with E-state index in [9.17, 15) is 14.4 Å². The zero-order valence-electron chi connectivity index (χ0n) is 15.7. The van der Waals surface area contributed by atoms with Gasteiger partial charge in [0.1, 0.15) is 17.7 Å². The summed E-state index contributed by atoms with van der Waals surface area (Å²) in [5, 5.41) is 0. The highest BCUT2D eigenvalue weighted by molar-refractivity contribution is 5.89. The number of hydrogen-bond donors (Lipinski definition) is 0. The van der Waals surface area contributed by atoms with E-state index in [2.05, 4.69) is 0 Å². The molecule has 0 aliphatic heterocycles. The number of hydrogen-bond acceptors (Lipinski definition) is 5. The van der Waals surface area contributed by atoms with E-state index in [0.717, 1.165) is 0 Å². The van der Waals surface area contributed by atoms with Gasteiger partial charge in [-0.2, -0.15) is 0 Å². The number of ether oxygens (including phenoxy) is 2. The van der Waals surface area contributed by atoms with Gasteiger partial charge in [0.25, 0.3) is 0 Å². The first-order chi connectivity index (χ1) is 10.3. The molecule has 2 atom stereocenters. The summed E-state index contributed by atoms with van der Waals surface area (Å²) in [6, 6.07) is -1.47. The van der Waals surface area contributed by atoms with E-state index in [1.165, 1.54) is 31.0 Å². The molecule has 7 heteroatoms. The normalized spacial score (nSPS) is 14.0. The largest absolute Gasteiger partial charge is 0.467 e. The highest BCUT2D eigenvalue weighted by atomic mass is 16.6. The van der Waals surface area contributed by atoms with Gasteiger partial charge in [0.15, 0.2) is 0 Å². The minimum atomic E-state index is -0.763. The standard InChI is InChI=1S/C16H30N2O5/c1-10(2)12(14(20)22-9)18(8)13(19)11(3)17(7)15(21)23-16(4,5)6/h10-12H,1-9H3. The molecule has 0 saturated carbocycles. The summed E-state index contributed by atoms with van der Waals surface area (Å²) < 4.78 is 10.0. The van der Waals surface area contributed by atoms with E-state index in [0.29, 0.717) is 0 Å². The van der Waals surface area contributed by atoms with Gasteiger partial charge >= 0.3 is 12.1 Å². The summed E-state index contributed by atoms with van der Waals surface area (Å²) in [7, 11) is 4.31. The van der Waals surface area contributed by atoms with Crippen LogP contribution in [-0.2, 0) is 19.1 Å². The number of rotatable bonds is 5. The molecule has 0 N–H and O–H groups in total. The third-order valence-corrected chi connectivity index (χ3v) is 3.46. The second-order valence-corrected chi connectivity index (χ2v) is 6.93. The van der Waals surface area contributed by atoms with Crippen molar-refractivity contribution in [3.63, 3.8) is 0 Å². The topological polar surface area (TPSA) is 76.2 Å². The van der Waals surface area contributed by atoms with Crippen molar-refractivity contribution in [1.29, 1.82) is 0 Å². The lowest BCUT2D eigenvalue weighted by atomic mass is 10.0. The van der Waals surface area contributed by atoms with Crippen LogP contribution in [0.5, 0.6) is 0 Å². The van der Waals surface area contributed by atoms with Crippen LogP contribution in [0.4, 0.5) is 4.79 Å². The van der Waals surface area contributed by atoms with Crippen LogP contribution in [0.2, 0.25) is 0 Å². The van der Waals surface area contributed by atoms with Gasteiger partial charge in [0.2, 0.25) is 5.91 Å². The van der Waals surface area contributed by atoms with Gasteiger partial charge < -0.3 is 14.4 Å². The second-order valence-electron chi connectivity index (χ2n) is 6.93. The number of esters is 1. The highest BCUT2D eigenvalue weighted by Crippen LogP contribution is 2.15. The monoisotopic (exact) mass is 330 g/mol. The second kappa shape index (κ2) is 8.17. The van der Waals surface area contributed by atoms with E-state index >= 15 is 0 Å². The van der Waals surface area contributed by atoms with E-state index in [4.69, 9.17) is 9.47 Å². The summed E-state index contributed by atoms with van der Waals surface area (Å²) in [6.45, 7) is 10.5. The van der Waals surface area contributed by atoms with Crippen LogP contribution in [0.25, 0.3) is 0 Å². The van der Waals surface area contributed by atoms with Crippen LogP contribution in [0.3, 0.4) is 0 Å². The predicted octanol–water partition coefficient (Wildman–Crippen LogP) is 1.90. The van der Waals surface area contributed by atoms with Gasteiger partial charge in [-0.15, -0.1) is 0 Å². The zero-order chi connectivity index (χ0) is 18.5. The summed E-state index contributed by atoms with van der Waals surface area (Å²) in [5.74, 6) is -0.958. The number of methoxy groups -OCH3 is 1. The third-order valence-electron chi connectivity index (χ3n) is 3.46. The molecule has 23 heavy (non-hydrogen) atoms. The Morgan fingerprint density at radius 3 is 1.78 bits per heavy atom. The Labute approximate surface area is 138 Å². The molecule has 0 heterocycles. The molecular formula is C16H30N2O5. The van der Waals surface area contributed by atoms with E-state index < -0.39 is 29.7 Å². The van der Waals surface area contributed by atoms with E-state index in [-0.39, 0.29) is 11.8 Å². The van der Waals surface area contributed by atoms with Gasteiger partial charge in [-0.25, -0.2) is 9.59 Å². The Hall–Kier alpha value is -1.79. The van der Waals surface area contributed by atoms with Crippen molar-refractivity contribution >= 4 is 18.0 Å². The van der Waals surface area contributed by atoms with Crippen molar-refractivity contribution in [1.82, 2.24) is 9.80 Å². The maximum atomic E-state index is 12.6. The van der Waals surface area contributed by atoms with Gasteiger partial charge in [-0.05, 0) is 33.6 Å². The molecule has 0 rings (SSSR count). The van der Waals surface area contributed by atoms with Crippen LogP contribution >= 0.6 is 0 Å². The first-order valence-corrected chi connectivity index (χ1v) is 7.63. The molecule has 2 amide bonds. The quantitative estimate of drug-likeness (QED) is 0.720. The van der Waals surface area contributed by atoms with Gasteiger partial charge in [-0.1, -0.05) is 13.8 Å². The Morgan fingerprint density at radius 1 is 0.957 bits per heavy atom. The summed E-state index contributed by atoms with van der Waals surface area (Å²) in [6.07, 6.45) is -0.592. The minimum Gasteiger partial charge on any atom is -0.467 e. The molecule has 0 bridgehead atoms. The Morgan fingerprint density at radius 2 is 1.43 bits per heavy atom. The van der Waals surface area contributed by atoms with Gasteiger partial charge in [-0.3, -0.25) is 9.69 Å². The van der Waals surface area contributed by atoms with Crippen LogP contribution in [-0.4, -0.2) is 66.7 Å². The number of carbonyl (C=O) groups excluding carboxylic acids is 3. The highest BCUT2D eigenvalue weighted by Gasteiger charge is 2.35. The first-order valence-electron chi connectivity index (χ1n) is 7.63. The fourth-order valence-electron chi connectivity index (χ4n) is 2.09. The molecule has 2 unspecified atom stereocenters. The van der Waals surface area contributed by atoms with E-state index in [1.54, 1.807) is 27.7 Å². The van der Waals surface area contributed by atoms with Crippen molar-refractivity contribution in [2.75, 3.05) is 21.2 Å². The van der Waals surface area contributed by atoms with Crippen LogP contribution < -0.4 is 0 Å². The lowest BCUT2D eigenvalue weighted by Crippen LogP contribution is -2.53. The van der Waals surface area contributed by atoms with Crippen LogP contribution in [0, 0.1) is 5.92 Å². The molecule has 0 aliphatic carbocycles. The Kier molecular flexibility index (Phi) is 7.54. The van der Waals surface area contributed by atoms with Gasteiger partial charge in [0.05, 0.1) is 7.11 Å². The molecule has 0 aromatic rings. The summed E-state index contributed by atoms with van der Waals surface area (Å²) >= 11 is 0. The average Bonchev–Trinajstić information content (AvgIpc) is 2.42. The fraction of sp³-hybridized carbons (Fsp3) is 0.812. The molecule has 0 aliphatic rings. The predicted molar refractivity (Wildman–Crippen MR) is 86.9 cm³/mol. The molecule has 7 nitrogen and oxygen atoms in total. The molecule has 0 spiro atoms. The third kappa shape index (κ3) is 6.08. The van der Waals surface area contributed by atoms with Crippen molar-refractivity contribution in [2.45, 2.75) is 59.2 Å². The molecule has 0 saturated heterocycles. The molecule has 0 fully saturated rings. The maximum absolute atomic E-state index is 12.6. The van der Waals surface area contributed by atoms with Crippen molar-refractivity contribution in [3.05, 3.63) is 0 Å². The van der Waals surface area contributed by atoms with Crippen molar-refractivity contribution < 1.29 is 23.9 Å². The van der Waals surface area contributed by atoms with Crippen molar-refractivity contribution in [3.8, 4) is 0 Å². The molecule has 0 radical (unpaired) electrons. The Balaban J connectivity index is 5.12. The number of likely N-dealkylation sites (N-methyl/N-ethyl adjacent to an activating group) is 2. The summed E-state index contributed by atoms with van der Waals surface area (Å²) in [5.41, 5.74) is -0.646. The minimum absolute atomic E-state index is 0.115. The number of nitrogens with zero attached hydrogens (tertiary/aromatic N) is 2. The lowest BCUT2D eigenvalue weighted by molar-refractivity contribution is -0.155. The zero-order valence-corrected chi connectivity index (χ0v) is 15.7. The molecule has 0 aromatic carbocycles. The Bertz CT molecular complexity index is 442. The molecular weight excluding hydrogens is 300 g/mol. The molecule has 134 valence electrons. The smallest absolute Gasteiger partial charge is 0.410 e.